The van der Waals surface area contributed by atoms with Gasteiger partial charge >= 0.3 is 5.69 Å². The van der Waals surface area contributed by atoms with E-state index in [1.807, 2.05) is 12.1 Å². The summed E-state index contributed by atoms with van der Waals surface area (Å²) in [5, 5.41) is 0. The first-order valence-electron chi connectivity index (χ1n) is 6.36. The molecule has 0 saturated heterocycles. The standard InChI is InChI=1S/C15H17BrN2O2/c1-15(2,3)11-6-4-10(5-7-11)8-18-9-12(16)13(19)17-14(18)20/h4-7,9H,8H2,1-3H3,(H,17,19,20). The van der Waals surface area contributed by atoms with Gasteiger partial charge in [0.05, 0.1) is 11.0 Å². The number of aromatic nitrogens is 2. The molecule has 0 fully saturated rings. The molecule has 1 heterocycles. The molecule has 0 saturated carbocycles. The highest BCUT2D eigenvalue weighted by Crippen LogP contribution is 2.22. The van der Waals surface area contributed by atoms with Crippen molar-refractivity contribution < 1.29 is 0 Å². The first kappa shape index (κ1) is 14.8. The minimum absolute atomic E-state index is 0.108. The van der Waals surface area contributed by atoms with Crippen LogP contribution < -0.4 is 11.2 Å². The van der Waals surface area contributed by atoms with Crippen molar-refractivity contribution in [3.05, 3.63) is 66.9 Å². The van der Waals surface area contributed by atoms with Gasteiger partial charge in [-0.25, -0.2) is 4.79 Å². The maximum Gasteiger partial charge on any atom is 0.328 e. The molecule has 0 bridgehead atoms. The van der Waals surface area contributed by atoms with E-state index in [4.69, 9.17) is 0 Å². The van der Waals surface area contributed by atoms with Crippen LogP contribution in [0.25, 0.3) is 0 Å². The monoisotopic (exact) mass is 336 g/mol. The van der Waals surface area contributed by atoms with E-state index in [9.17, 15) is 9.59 Å². The highest BCUT2D eigenvalue weighted by molar-refractivity contribution is 9.10. The van der Waals surface area contributed by atoms with Crippen LogP contribution in [0.2, 0.25) is 0 Å². The predicted molar refractivity (Wildman–Crippen MR) is 83.3 cm³/mol. The van der Waals surface area contributed by atoms with Gasteiger partial charge in [0.2, 0.25) is 0 Å². The molecule has 1 aromatic heterocycles. The second kappa shape index (κ2) is 5.40. The van der Waals surface area contributed by atoms with Crippen LogP contribution in [0.5, 0.6) is 0 Å². The Morgan fingerprint density at radius 1 is 1.15 bits per heavy atom. The van der Waals surface area contributed by atoms with Gasteiger partial charge in [-0.3, -0.25) is 14.3 Å². The Bertz CT molecular complexity index is 721. The van der Waals surface area contributed by atoms with Crippen LogP contribution in [0.3, 0.4) is 0 Å². The maximum atomic E-state index is 11.7. The van der Waals surface area contributed by atoms with Crippen LogP contribution in [0.1, 0.15) is 31.9 Å². The van der Waals surface area contributed by atoms with Gasteiger partial charge in [0, 0.05) is 6.20 Å². The second-order valence-electron chi connectivity index (χ2n) is 5.81. The summed E-state index contributed by atoms with van der Waals surface area (Å²) in [6.07, 6.45) is 1.51. The van der Waals surface area contributed by atoms with Crippen molar-refractivity contribution in [3.63, 3.8) is 0 Å². The molecule has 0 aliphatic rings. The molecule has 0 atom stereocenters. The number of rotatable bonds is 2. The zero-order chi connectivity index (χ0) is 14.9. The molecule has 0 amide bonds. The number of halogens is 1. The maximum absolute atomic E-state index is 11.7. The summed E-state index contributed by atoms with van der Waals surface area (Å²) in [7, 11) is 0. The number of nitrogens with one attached hydrogen (secondary N) is 1. The molecular weight excluding hydrogens is 320 g/mol. The van der Waals surface area contributed by atoms with Crippen molar-refractivity contribution in [2.45, 2.75) is 32.7 Å². The van der Waals surface area contributed by atoms with Crippen molar-refractivity contribution in [1.29, 1.82) is 0 Å². The average Bonchev–Trinajstić information content (AvgIpc) is 2.35. The molecule has 0 unspecified atom stereocenters. The summed E-state index contributed by atoms with van der Waals surface area (Å²) in [5.74, 6) is 0. The molecule has 2 rings (SSSR count). The molecular formula is C15H17BrN2O2. The van der Waals surface area contributed by atoms with E-state index in [-0.39, 0.29) is 5.41 Å². The van der Waals surface area contributed by atoms with Crippen molar-refractivity contribution in [2.24, 2.45) is 0 Å². The quantitative estimate of drug-likeness (QED) is 0.916. The Balaban J connectivity index is 2.29. The number of hydrogen-bond donors (Lipinski definition) is 1. The molecule has 0 aliphatic carbocycles. The van der Waals surface area contributed by atoms with E-state index < -0.39 is 11.2 Å². The number of H-pyrrole nitrogens is 1. The molecule has 4 nitrogen and oxygen atoms in total. The van der Waals surface area contributed by atoms with Gasteiger partial charge in [-0.1, -0.05) is 45.0 Å². The lowest BCUT2D eigenvalue weighted by atomic mass is 9.87. The Morgan fingerprint density at radius 3 is 2.30 bits per heavy atom. The lowest BCUT2D eigenvalue weighted by molar-refractivity contribution is 0.589. The van der Waals surface area contributed by atoms with Crippen LogP contribution in [0.15, 0.2) is 44.5 Å². The van der Waals surface area contributed by atoms with E-state index in [1.165, 1.54) is 16.3 Å². The Morgan fingerprint density at radius 2 is 1.75 bits per heavy atom. The minimum atomic E-state index is -0.408. The molecule has 0 aliphatic heterocycles. The van der Waals surface area contributed by atoms with E-state index in [0.717, 1.165) is 5.56 Å². The van der Waals surface area contributed by atoms with Crippen LogP contribution in [-0.4, -0.2) is 9.55 Å². The lowest BCUT2D eigenvalue weighted by Gasteiger charge is -2.19. The number of nitrogens with zero attached hydrogens (tertiary/aromatic N) is 1. The molecule has 0 radical (unpaired) electrons. The fourth-order valence-corrected chi connectivity index (χ4v) is 2.25. The lowest BCUT2D eigenvalue weighted by Crippen LogP contribution is -2.30. The molecule has 5 heteroatoms. The summed E-state index contributed by atoms with van der Waals surface area (Å²) in [6, 6.07) is 8.15. The van der Waals surface area contributed by atoms with Gasteiger partial charge < -0.3 is 0 Å². The fraction of sp³-hybridized carbons (Fsp3) is 0.333. The van der Waals surface area contributed by atoms with Crippen LogP contribution in [0.4, 0.5) is 0 Å². The van der Waals surface area contributed by atoms with Gasteiger partial charge in [-0.05, 0) is 32.5 Å². The Labute approximate surface area is 125 Å². The molecule has 0 spiro atoms. The zero-order valence-electron chi connectivity index (χ0n) is 11.7. The number of benzene rings is 1. The Kier molecular flexibility index (Phi) is 3.99. The van der Waals surface area contributed by atoms with E-state index >= 15 is 0 Å². The molecule has 20 heavy (non-hydrogen) atoms. The van der Waals surface area contributed by atoms with Crippen molar-refractivity contribution in [1.82, 2.24) is 9.55 Å². The Hall–Kier alpha value is -1.62. The highest BCUT2D eigenvalue weighted by Gasteiger charge is 2.13. The van der Waals surface area contributed by atoms with Crippen molar-refractivity contribution in [3.8, 4) is 0 Å². The zero-order valence-corrected chi connectivity index (χ0v) is 13.3. The second-order valence-corrected chi connectivity index (χ2v) is 6.67. The third-order valence-corrected chi connectivity index (χ3v) is 3.71. The van der Waals surface area contributed by atoms with E-state index in [0.29, 0.717) is 11.0 Å². The van der Waals surface area contributed by atoms with Gasteiger partial charge in [0.25, 0.3) is 5.56 Å². The van der Waals surface area contributed by atoms with Crippen LogP contribution in [0, 0.1) is 0 Å². The molecule has 1 aromatic carbocycles. The summed E-state index contributed by atoms with van der Waals surface area (Å²) in [5.41, 5.74) is 1.55. The topological polar surface area (TPSA) is 54.9 Å². The average molecular weight is 337 g/mol. The third kappa shape index (κ3) is 3.28. The van der Waals surface area contributed by atoms with Crippen molar-refractivity contribution >= 4 is 15.9 Å². The van der Waals surface area contributed by atoms with E-state index in [2.05, 4.69) is 53.8 Å². The summed E-state index contributed by atoms with van der Waals surface area (Å²) >= 11 is 3.13. The predicted octanol–water partition coefficient (Wildman–Crippen LogP) is 2.64. The largest absolute Gasteiger partial charge is 0.328 e. The smallest absolute Gasteiger partial charge is 0.295 e. The summed E-state index contributed by atoms with van der Waals surface area (Å²) < 4.78 is 1.82. The molecule has 1 N–H and O–H groups in total. The molecule has 106 valence electrons. The van der Waals surface area contributed by atoms with Gasteiger partial charge in [0.1, 0.15) is 0 Å². The number of aromatic amines is 1. The summed E-state index contributed by atoms with van der Waals surface area (Å²) in [4.78, 5) is 25.3. The van der Waals surface area contributed by atoms with Crippen molar-refractivity contribution in [2.75, 3.05) is 0 Å². The molecule has 2 aromatic rings. The SMILES string of the molecule is CC(C)(C)c1ccc(Cn2cc(Br)c(=O)[nH]c2=O)cc1. The minimum Gasteiger partial charge on any atom is -0.295 e. The third-order valence-electron chi connectivity index (χ3n) is 3.14. The normalized spacial score (nSPS) is 11.6. The van der Waals surface area contributed by atoms with Crippen LogP contribution >= 0.6 is 15.9 Å². The highest BCUT2D eigenvalue weighted by atomic mass is 79.9. The van der Waals surface area contributed by atoms with Gasteiger partial charge in [-0.15, -0.1) is 0 Å². The van der Waals surface area contributed by atoms with E-state index in [1.54, 1.807) is 0 Å². The first-order chi connectivity index (χ1) is 9.27. The fourth-order valence-electron chi connectivity index (χ4n) is 1.91. The first-order valence-corrected chi connectivity index (χ1v) is 7.15. The van der Waals surface area contributed by atoms with Gasteiger partial charge in [0.15, 0.2) is 0 Å². The van der Waals surface area contributed by atoms with Crippen LogP contribution in [-0.2, 0) is 12.0 Å². The summed E-state index contributed by atoms with van der Waals surface area (Å²) in [6.45, 7) is 6.90. The number of hydrogen-bond acceptors (Lipinski definition) is 2. The van der Waals surface area contributed by atoms with Gasteiger partial charge in [-0.2, -0.15) is 0 Å².